The standard InChI is InChI=1S/C20H22N2O7S/c1-26-15-4-2-3-14(11-15)21-30(24,25)16-5-6-17-18(12-16)28-13-19(29-17)20(23)22-7-9-27-10-8-22/h2-6,11-12,19,21H,7-10,13H2,1H3/t19-/m0/s1. The first-order chi connectivity index (χ1) is 14.5. The smallest absolute Gasteiger partial charge is 0.267 e. The summed E-state index contributed by atoms with van der Waals surface area (Å²) in [6.07, 6.45) is -0.770. The molecule has 2 heterocycles. The highest BCUT2D eigenvalue weighted by Crippen LogP contribution is 2.35. The molecule has 1 atom stereocenters. The number of nitrogens with zero attached hydrogens (tertiary/aromatic N) is 1. The molecule has 2 aromatic rings. The fourth-order valence-corrected chi connectivity index (χ4v) is 4.29. The van der Waals surface area contributed by atoms with Gasteiger partial charge >= 0.3 is 0 Å². The molecule has 0 radical (unpaired) electrons. The van der Waals surface area contributed by atoms with Crippen LogP contribution in [0.25, 0.3) is 0 Å². The highest BCUT2D eigenvalue weighted by atomic mass is 32.2. The van der Waals surface area contributed by atoms with Gasteiger partial charge in [-0.3, -0.25) is 9.52 Å². The number of hydrogen-bond donors (Lipinski definition) is 1. The summed E-state index contributed by atoms with van der Waals surface area (Å²) in [5.41, 5.74) is 0.375. The van der Waals surface area contributed by atoms with Crippen LogP contribution in [0.15, 0.2) is 47.4 Å². The lowest BCUT2D eigenvalue weighted by Crippen LogP contribution is -2.50. The molecule has 9 nitrogen and oxygen atoms in total. The number of sulfonamides is 1. The van der Waals surface area contributed by atoms with Crippen molar-refractivity contribution in [2.24, 2.45) is 0 Å². The minimum absolute atomic E-state index is 0.00992. The first-order valence-corrected chi connectivity index (χ1v) is 10.9. The van der Waals surface area contributed by atoms with Crippen molar-refractivity contribution in [1.82, 2.24) is 4.90 Å². The van der Waals surface area contributed by atoms with Gasteiger partial charge in [0.1, 0.15) is 12.4 Å². The van der Waals surface area contributed by atoms with Gasteiger partial charge in [0.25, 0.3) is 15.9 Å². The van der Waals surface area contributed by atoms with Gasteiger partial charge in [-0.25, -0.2) is 8.42 Å². The molecule has 0 saturated carbocycles. The molecular weight excluding hydrogens is 412 g/mol. The number of morpholine rings is 1. The topological polar surface area (TPSA) is 103 Å². The predicted octanol–water partition coefficient (Wildman–Crippen LogP) is 1.49. The Morgan fingerprint density at radius 2 is 1.93 bits per heavy atom. The van der Waals surface area contributed by atoms with E-state index >= 15 is 0 Å². The van der Waals surface area contributed by atoms with Crippen LogP contribution < -0.4 is 18.9 Å². The average Bonchev–Trinajstić information content (AvgIpc) is 2.78. The molecule has 0 bridgehead atoms. The average molecular weight is 434 g/mol. The second-order valence-corrected chi connectivity index (χ2v) is 8.48. The molecule has 1 N–H and O–H groups in total. The van der Waals surface area contributed by atoms with Crippen LogP contribution in [-0.4, -0.2) is 65.3 Å². The van der Waals surface area contributed by atoms with Crippen molar-refractivity contribution in [3.05, 3.63) is 42.5 Å². The second kappa shape index (κ2) is 8.41. The molecule has 30 heavy (non-hydrogen) atoms. The van der Waals surface area contributed by atoms with Crippen LogP contribution in [0.4, 0.5) is 5.69 Å². The van der Waals surface area contributed by atoms with Gasteiger partial charge in [0.05, 0.1) is 30.9 Å². The van der Waals surface area contributed by atoms with Crippen molar-refractivity contribution in [2.45, 2.75) is 11.0 Å². The van der Waals surface area contributed by atoms with E-state index in [-0.39, 0.29) is 23.2 Å². The zero-order valence-corrected chi connectivity index (χ0v) is 17.2. The van der Waals surface area contributed by atoms with Crippen molar-refractivity contribution in [3.63, 3.8) is 0 Å². The van der Waals surface area contributed by atoms with E-state index in [0.717, 1.165) is 0 Å². The summed E-state index contributed by atoms with van der Waals surface area (Å²) in [4.78, 5) is 14.3. The van der Waals surface area contributed by atoms with Crippen molar-refractivity contribution in [3.8, 4) is 17.2 Å². The van der Waals surface area contributed by atoms with Crippen LogP contribution >= 0.6 is 0 Å². The molecule has 2 aliphatic heterocycles. The summed E-state index contributed by atoms with van der Waals surface area (Å²) >= 11 is 0. The molecule has 2 aliphatic rings. The number of amides is 1. The summed E-state index contributed by atoms with van der Waals surface area (Å²) in [5, 5.41) is 0. The first-order valence-electron chi connectivity index (χ1n) is 9.43. The first kappa shape index (κ1) is 20.3. The number of anilines is 1. The zero-order chi connectivity index (χ0) is 21.1. The molecule has 0 spiro atoms. The van der Waals surface area contributed by atoms with Crippen molar-refractivity contribution < 1.29 is 32.2 Å². The van der Waals surface area contributed by atoms with E-state index in [1.807, 2.05) is 0 Å². The fourth-order valence-electron chi connectivity index (χ4n) is 3.23. The van der Waals surface area contributed by atoms with Gasteiger partial charge in [-0.15, -0.1) is 0 Å². The minimum atomic E-state index is -3.85. The third kappa shape index (κ3) is 4.29. The van der Waals surface area contributed by atoms with Gasteiger partial charge in [0.15, 0.2) is 11.5 Å². The van der Waals surface area contributed by atoms with Gasteiger partial charge in [0, 0.05) is 25.2 Å². The van der Waals surface area contributed by atoms with Crippen LogP contribution in [0.3, 0.4) is 0 Å². The number of carbonyl (C=O) groups is 1. The number of methoxy groups -OCH3 is 1. The number of rotatable bonds is 5. The minimum Gasteiger partial charge on any atom is -0.497 e. The lowest BCUT2D eigenvalue weighted by Gasteiger charge is -2.32. The molecule has 0 aromatic heterocycles. The maximum Gasteiger partial charge on any atom is 0.267 e. The van der Waals surface area contributed by atoms with E-state index in [4.69, 9.17) is 18.9 Å². The number of nitrogens with one attached hydrogen (secondary N) is 1. The number of ether oxygens (including phenoxy) is 4. The molecule has 10 heteroatoms. The molecular formula is C20H22N2O7S. The lowest BCUT2D eigenvalue weighted by atomic mass is 10.2. The maximum atomic E-state index is 12.7. The maximum absolute atomic E-state index is 12.7. The largest absolute Gasteiger partial charge is 0.497 e. The Morgan fingerprint density at radius 3 is 2.70 bits per heavy atom. The summed E-state index contributed by atoms with van der Waals surface area (Å²) in [6.45, 7) is 2.03. The summed E-state index contributed by atoms with van der Waals surface area (Å²) in [7, 11) is -2.34. The number of carbonyl (C=O) groups excluding carboxylic acids is 1. The number of hydrogen-bond acceptors (Lipinski definition) is 7. The van der Waals surface area contributed by atoms with E-state index in [1.54, 1.807) is 29.2 Å². The van der Waals surface area contributed by atoms with Crippen molar-refractivity contribution in [1.29, 1.82) is 0 Å². The highest BCUT2D eigenvalue weighted by molar-refractivity contribution is 7.92. The van der Waals surface area contributed by atoms with Crippen molar-refractivity contribution in [2.75, 3.05) is 44.7 Å². The van der Waals surface area contributed by atoms with Gasteiger partial charge in [0.2, 0.25) is 6.10 Å². The molecule has 1 amide bonds. The Labute approximate surface area is 174 Å². The van der Waals surface area contributed by atoms with Gasteiger partial charge in [-0.05, 0) is 24.3 Å². The second-order valence-electron chi connectivity index (χ2n) is 6.80. The van der Waals surface area contributed by atoms with Crippen LogP contribution in [-0.2, 0) is 19.6 Å². The molecule has 0 unspecified atom stereocenters. The molecule has 1 fully saturated rings. The monoisotopic (exact) mass is 434 g/mol. The van der Waals surface area contributed by atoms with Crippen LogP contribution in [0, 0.1) is 0 Å². The van der Waals surface area contributed by atoms with E-state index in [1.165, 1.54) is 25.3 Å². The van der Waals surface area contributed by atoms with Crippen LogP contribution in [0.1, 0.15) is 0 Å². The zero-order valence-electron chi connectivity index (χ0n) is 16.4. The Kier molecular flexibility index (Phi) is 5.69. The lowest BCUT2D eigenvalue weighted by molar-refractivity contribution is -0.145. The van der Waals surface area contributed by atoms with Gasteiger partial charge < -0.3 is 23.8 Å². The van der Waals surface area contributed by atoms with Crippen molar-refractivity contribution >= 4 is 21.6 Å². The SMILES string of the molecule is COc1cccc(NS(=O)(=O)c2ccc3c(c2)OC[C@@H](C(=O)N2CCOCC2)O3)c1. The summed E-state index contributed by atoms with van der Waals surface area (Å²) in [6, 6.07) is 10.9. The van der Waals surface area contributed by atoms with E-state index in [9.17, 15) is 13.2 Å². The van der Waals surface area contributed by atoms with E-state index in [0.29, 0.717) is 43.5 Å². The van der Waals surface area contributed by atoms with Gasteiger partial charge in [-0.2, -0.15) is 0 Å². The van der Waals surface area contributed by atoms with E-state index in [2.05, 4.69) is 4.72 Å². The van der Waals surface area contributed by atoms with Gasteiger partial charge in [-0.1, -0.05) is 6.07 Å². The Bertz CT molecular complexity index is 1040. The Balaban J connectivity index is 1.48. The quantitative estimate of drug-likeness (QED) is 0.761. The van der Waals surface area contributed by atoms with Crippen LogP contribution in [0.2, 0.25) is 0 Å². The third-order valence-corrected chi connectivity index (χ3v) is 6.18. The fraction of sp³-hybridized carbons (Fsp3) is 0.350. The Hall–Kier alpha value is -2.98. The highest BCUT2D eigenvalue weighted by Gasteiger charge is 2.32. The molecule has 0 aliphatic carbocycles. The molecule has 2 aromatic carbocycles. The Morgan fingerprint density at radius 1 is 1.13 bits per heavy atom. The normalized spacial score (nSPS) is 18.6. The summed E-state index contributed by atoms with van der Waals surface area (Å²) in [5.74, 6) is 0.969. The number of benzene rings is 2. The van der Waals surface area contributed by atoms with Crippen LogP contribution in [0.5, 0.6) is 17.2 Å². The molecule has 4 rings (SSSR count). The molecule has 1 saturated heterocycles. The summed E-state index contributed by atoms with van der Waals surface area (Å²) < 4.78 is 49.8. The molecule has 160 valence electrons. The number of fused-ring (bicyclic) bond motifs is 1. The van der Waals surface area contributed by atoms with E-state index < -0.39 is 16.1 Å². The predicted molar refractivity (Wildman–Crippen MR) is 108 cm³/mol. The third-order valence-electron chi connectivity index (χ3n) is 4.81.